The summed E-state index contributed by atoms with van der Waals surface area (Å²) in [6, 6.07) is 1.96. The Hall–Kier alpha value is -2.26. The van der Waals surface area contributed by atoms with E-state index in [4.69, 9.17) is 4.52 Å². The van der Waals surface area contributed by atoms with E-state index < -0.39 is 0 Å². The van der Waals surface area contributed by atoms with Crippen molar-refractivity contribution in [1.29, 1.82) is 0 Å². The second-order valence-corrected chi connectivity index (χ2v) is 6.24. The summed E-state index contributed by atoms with van der Waals surface area (Å²) in [5, 5.41) is 14.0. The SMILES string of the molecule is Cn1ncc2c(SCc3noc(-c4ccsc4)n3)ncnc21. The minimum Gasteiger partial charge on any atom is -0.334 e. The molecule has 0 spiro atoms. The van der Waals surface area contributed by atoms with E-state index in [1.807, 2.05) is 23.9 Å². The largest absolute Gasteiger partial charge is 0.334 e. The van der Waals surface area contributed by atoms with Crippen LogP contribution in [0, 0.1) is 0 Å². The Morgan fingerprint density at radius 2 is 2.32 bits per heavy atom. The molecule has 0 saturated carbocycles. The van der Waals surface area contributed by atoms with Crippen LogP contribution in [0.15, 0.2) is 38.9 Å². The fourth-order valence-electron chi connectivity index (χ4n) is 2.00. The van der Waals surface area contributed by atoms with Gasteiger partial charge in [0.1, 0.15) is 11.4 Å². The molecule has 0 aliphatic rings. The van der Waals surface area contributed by atoms with Gasteiger partial charge < -0.3 is 4.52 Å². The highest BCUT2D eigenvalue weighted by atomic mass is 32.2. The molecular formula is C13H10N6OS2. The molecule has 22 heavy (non-hydrogen) atoms. The molecule has 0 saturated heterocycles. The lowest BCUT2D eigenvalue weighted by molar-refractivity contribution is 0.425. The van der Waals surface area contributed by atoms with Crippen LogP contribution in [0.3, 0.4) is 0 Å². The van der Waals surface area contributed by atoms with E-state index >= 15 is 0 Å². The minimum atomic E-state index is 0.547. The number of rotatable bonds is 4. The Morgan fingerprint density at radius 3 is 3.18 bits per heavy atom. The van der Waals surface area contributed by atoms with Crippen molar-refractivity contribution in [2.45, 2.75) is 10.8 Å². The van der Waals surface area contributed by atoms with E-state index in [1.54, 1.807) is 40.3 Å². The second-order valence-electron chi connectivity index (χ2n) is 4.50. The van der Waals surface area contributed by atoms with Gasteiger partial charge in [-0.2, -0.15) is 21.4 Å². The summed E-state index contributed by atoms with van der Waals surface area (Å²) in [7, 11) is 1.86. The first-order valence-electron chi connectivity index (χ1n) is 6.42. The average Bonchev–Trinajstić information content (AvgIpc) is 3.26. The number of hydrogen-bond acceptors (Lipinski definition) is 8. The molecule has 7 nitrogen and oxygen atoms in total. The highest BCUT2D eigenvalue weighted by Crippen LogP contribution is 2.27. The average molecular weight is 330 g/mol. The van der Waals surface area contributed by atoms with Crippen LogP contribution in [-0.4, -0.2) is 29.9 Å². The molecule has 0 aromatic carbocycles. The zero-order valence-corrected chi connectivity index (χ0v) is 13.1. The topological polar surface area (TPSA) is 82.5 Å². The van der Waals surface area contributed by atoms with Gasteiger partial charge in [0.2, 0.25) is 0 Å². The lowest BCUT2D eigenvalue weighted by Crippen LogP contribution is -1.93. The summed E-state index contributed by atoms with van der Waals surface area (Å²) in [4.78, 5) is 12.9. The highest BCUT2D eigenvalue weighted by Gasteiger charge is 2.12. The fourth-order valence-corrected chi connectivity index (χ4v) is 3.44. The van der Waals surface area contributed by atoms with E-state index in [2.05, 4.69) is 25.2 Å². The minimum absolute atomic E-state index is 0.547. The zero-order valence-electron chi connectivity index (χ0n) is 11.5. The maximum Gasteiger partial charge on any atom is 0.258 e. The molecule has 0 bridgehead atoms. The van der Waals surface area contributed by atoms with Gasteiger partial charge in [0.15, 0.2) is 11.5 Å². The summed E-state index contributed by atoms with van der Waals surface area (Å²) in [5.41, 5.74) is 1.76. The van der Waals surface area contributed by atoms with Crippen molar-refractivity contribution in [1.82, 2.24) is 29.9 Å². The van der Waals surface area contributed by atoms with E-state index in [1.165, 1.54) is 0 Å². The molecule has 4 heterocycles. The molecule has 0 unspecified atom stereocenters. The van der Waals surface area contributed by atoms with Gasteiger partial charge in [-0.05, 0) is 11.4 Å². The quantitative estimate of drug-likeness (QED) is 0.420. The first kappa shape index (κ1) is 13.4. The molecule has 9 heteroatoms. The molecule has 0 radical (unpaired) electrons. The van der Waals surface area contributed by atoms with Crippen molar-refractivity contribution < 1.29 is 4.52 Å². The summed E-state index contributed by atoms with van der Waals surface area (Å²) in [5.74, 6) is 1.77. The van der Waals surface area contributed by atoms with Crippen molar-refractivity contribution >= 4 is 34.1 Å². The van der Waals surface area contributed by atoms with Crippen molar-refractivity contribution in [3.05, 3.63) is 35.2 Å². The predicted molar refractivity (Wildman–Crippen MR) is 83.5 cm³/mol. The van der Waals surface area contributed by atoms with E-state index in [0.717, 1.165) is 21.6 Å². The number of fused-ring (bicyclic) bond motifs is 1. The van der Waals surface area contributed by atoms with Gasteiger partial charge in [-0.25, -0.2) is 9.97 Å². The molecule has 0 atom stereocenters. The standard InChI is InChI=1S/C13H10N6OS2/c1-19-11-9(4-16-19)13(15-7-14-11)22-6-10-17-12(20-18-10)8-2-3-21-5-8/h2-5,7H,6H2,1H3. The molecule has 0 N–H and O–H groups in total. The van der Waals surface area contributed by atoms with Gasteiger partial charge in [-0.3, -0.25) is 4.68 Å². The van der Waals surface area contributed by atoms with E-state index in [9.17, 15) is 0 Å². The fraction of sp³-hybridized carbons (Fsp3) is 0.154. The van der Waals surface area contributed by atoms with Crippen LogP contribution < -0.4 is 0 Å². The Bertz CT molecular complexity index is 914. The zero-order chi connectivity index (χ0) is 14.9. The lowest BCUT2D eigenvalue weighted by Gasteiger charge is -1.99. The predicted octanol–water partition coefficient (Wildman–Crippen LogP) is 2.77. The van der Waals surface area contributed by atoms with Crippen molar-refractivity contribution in [2.75, 3.05) is 0 Å². The Kier molecular flexibility index (Phi) is 3.35. The highest BCUT2D eigenvalue weighted by molar-refractivity contribution is 7.98. The summed E-state index contributed by atoms with van der Waals surface area (Å²) < 4.78 is 7.00. The number of aromatic nitrogens is 6. The number of thioether (sulfide) groups is 1. The molecule has 0 amide bonds. The summed E-state index contributed by atoms with van der Waals surface area (Å²) >= 11 is 3.14. The maximum atomic E-state index is 5.27. The second kappa shape index (κ2) is 5.50. The third-order valence-corrected chi connectivity index (χ3v) is 4.75. The third-order valence-electron chi connectivity index (χ3n) is 3.07. The molecule has 4 rings (SSSR count). The van der Waals surface area contributed by atoms with Gasteiger partial charge in [-0.15, -0.1) is 0 Å². The number of thiophene rings is 1. The molecule has 110 valence electrons. The van der Waals surface area contributed by atoms with Gasteiger partial charge in [0, 0.05) is 12.4 Å². The Balaban J connectivity index is 1.55. The summed E-state index contributed by atoms with van der Waals surface area (Å²) in [6.07, 6.45) is 3.31. The Morgan fingerprint density at radius 1 is 1.36 bits per heavy atom. The molecule has 0 aliphatic carbocycles. The number of aryl methyl sites for hydroxylation is 1. The smallest absolute Gasteiger partial charge is 0.258 e. The first-order valence-corrected chi connectivity index (χ1v) is 8.35. The monoisotopic (exact) mass is 330 g/mol. The van der Waals surface area contributed by atoms with Gasteiger partial charge in [0.25, 0.3) is 5.89 Å². The molecule has 0 fully saturated rings. The van der Waals surface area contributed by atoms with Crippen LogP contribution in [0.5, 0.6) is 0 Å². The third kappa shape index (κ3) is 2.38. The van der Waals surface area contributed by atoms with Crippen LogP contribution >= 0.6 is 23.1 Å². The van der Waals surface area contributed by atoms with Crippen LogP contribution in [0.4, 0.5) is 0 Å². The molecule has 4 aromatic rings. The molecule has 4 aromatic heterocycles. The number of nitrogens with zero attached hydrogens (tertiary/aromatic N) is 6. The lowest BCUT2D eigenvalue weighted by atomic mass is 10.3. The van der Waals surface area contributed by atoms with Crippen molar-refractivity contribution in [3.63, 3.8) is 0 Å². The van der Waals surface area contributed by atoms with Crippen LogP contribution in [0.2, 0.25) is 0 Å². The van der Waals surface area contributed by atoms with Gasteiger partial charge >= 0.3 is 0 Å². The molecular weight excluding hydrogens is 320 g/mol. The van der Waals surface area contributed by atoms with Crippen molar-refractivity contribution in [2.24, 2.45) is 7.05 Å². The van der Waals surface area contributed by atoms with Crippen LogP contribution in [-0.2, 0) is 12.8 Å². The summed E-state index contributed by atoms with van der Waals surface area (Å²) in [6.45, 7) is 0. The van der Waals surface area contributed by atoms with E-state index in [-0.39, 0.29) is 0 Å². The van der Waals surface area contributed by atoms with Gasteiger partial charge in [-0.1, -0.05) is 16.9 Å². The maximum absolute atomic E-state index is 5.27. The normalized spacial score (nSPS) is 11.3. The Labute approximate surface area is 133 Å². The van der Waals surface area contributed by atoms with Crippen LogP contribution in [0.1, 0.15) is 5.82 Å². The first-order chi connectivity index (χ1) is 10.8. The van der Waals surface area contributed by atoms with Crippen molar-refractivity contribution in [3.8, 4) is 11.5 Å². The van der Waals surface area contributed by atoms with Crippen LogP contribution in [0.25, 0.3) is 22.5 Å². The molecule has 0 aliphatic heterocycles. The number of hydrogen-bond donors (Lipinski definition) is 0. The van der Waals surface area contributed by atoms with E-state index in [0.29, 0.717) is 17.5 Å². The van der Waals surface area contributed by atoms with Gasteiger partial charge in [0.05, 0.1) is 22.9 Å².